The molecule has 11 heavy (non-hydrogen) atoms. The number of allylic oxidation sites excluding steroid dienone is 1. The van der Waals surface area contributed by atoms with Crippen molar-refractivity contribution in [1.29, 1.82) is 0 Å². The van der Waals surface area contributed by atoms with Gasteiger partial charge in [-0.25, -0.2) is 5.84 Å². The van der Waals surface area contributed by atoms with Crippen molar-refractivity contribution in [2.45, 2.75) is 13.8 Å². The Morgan fingerprint density at radius 3 is 2.55 bits per heavy atom. The smallest absolute Gasteiger partial charge is 0.0622 e. The fourth-order valence-electron chi connectivity index (χ4n) is 0.521. The van der Waals surface area contributed by atoms with Crippen LogP contribution in [0.3, 0.4) is 0 Å². The van der Waals surface area contributed by atoms with Crippen molar-refractivity contribution in [2.75, 3.05) is 13.2 Å². The highest BCUT2D eigenvalue weighted by molar-refractivity contribution is 4.97. The van der Waals surface area contributed by atoms with Gasteiger partial charge in [0, 0.05) is 11.9 Å². The summed E-state index contributed by atoms with van der Waals surface area (Å²) in [5.41, 5.74) is 6.33. The second-order valence-corrected chi connectivity index (χ2v) is 2.75. The molecule has 0 amide bonds. The maximum absolute atomic E-state index is 8.50. The first kappa shape index (κ1) is 10.3. The fraction of sp³-hybridized carbons (Fsp3) is 0.714. The Morgan fingerprint density at radius 2 is 2.18 bits per heavy atom. The maximum Gasteiger partial charge on any atom is 0.0622 e. The first-order chi connectivity index (χ1) is 5.07. The van der Waals surface area contributed by atoms with E-state index >= 15 is 0 Å². The minimum Gasteiger partial charge on any atom is -0.401 e. The highest BCUT2D eigenvalue weighted by Gasteiger charge is 1.98. The van der Waals surface area contributed by atoms with Gasteiger partial charge in [0.05, 0.1) is 13.2 Å². The third-order valence-corrected chi connectivity index (χ3v) is 1.34. The molecule has 0 bridgehead atoms. The molecule has 4 nitrogen and oxygen atoms in total. The molecule has 0 saturated carbocycles. The second-order valence-electron chi connectivity index (χ2n) is 2.75. The first-order valence-corrected chi connectivity index (χ1v) is 3.67. The lowest BCUT2D eigenvalue weighted by atomic mass is 10.2. The van der Waals surface area contributed by atoms with E-state index < -0.39 is 0 Å². The van der Waals surface area contributed by atoms with Crippen LogP contribution in [0.2, 0.25) is 0 Å². The molecule has 0 fully saturated rings. The molecule has 0 aliphatic carbocycles. The Hall–Kier alpha value is -0.740. The van der Waals surface area contributed by atoms with E-state index in [-0.39, 0.29) is 6.61 Å². The van der Waals surface area contributed by atoms with E-state index in [0.29, 0.717) is 12.5 Å². The average molecular weight is 159 g/mol. The lowest BCUT2D eigenvalue weighted by Crippen LogP contribution is -2.30. The molecule has 0 atom stereocenters. The topological polar surface area (TPSA) is 75.5 Å². The van der Waals surface area contributed by atoms with Crippen LogP contribution in [-0.4, -0.2) is 23.3 Å². The van der Waals surface area contributed by atoms with Gasteiger partial charge in [-0.3, -0.25) is 0 Å². The number of rotatable bonds is 4. The molecule has 0 unspecified atom stereocenters. The van der Waals surface area contributed by atoms with Crippen LogP contribution in [0.25, 0.3) is 0 Å². The summed E-state index contributed by atoms with van der Waals surface area (Å²) in [4.78, 5) is 0. The van der Waals surface area contributed by atoms with Gasteiger partial charge in [0.25, 0.3) is 0 Å². The number of hydrazine groups is 1. The number of aliphatic hydroxyl groups excluding tert-OH is 1. The minimum atomic E-state index is 0.0401. The number of aliphatic hydroxyl groups is 1. The lowest BCUT2D eigenvalue weighted by molar-refractivity contribution is 0.238. The Morgan fingerprint density at radius 1 is 1.64 bits per heavy atom. The van der Waals surface area contributed by atoms with E-state index in [0.717, 1.165) is 5.70 Å². The number of hydrogen-bond acceptors (Lipinski definition) is 4. The number of hydrogen-bond donors (Lipinski definition) is 3. The summed E-state index contributed by atoms with van der Waals surface area (Å²) in [7, 11) is 0. The van der Waals surface area contributed by atoms with Crippen LogP contribution in [0.4, 0.5) is 0 Å². The monoisotopic (exact) mass is 159 g/mol. The fourth-order valence-corrected chi connectivity index (χ4v) is 0.521. The molecule has 4 heteroatoms. The maximum atomic E-state index is 8.50. The van der Waals surface area contributed by atoms with Crippen molar-refractivity contribution < 1.29 is 5.11 Å². The van der Waals surface area contributed by atoms with Crippen LogP contribution in [0.1, 0.15) is 13.8 Å². The molecular formula is C7H17N3O. The van der Waals surface area contributed by atoms with Gasteiger partial charge in [0.1, 0.15) is 0 Å². The van der Waals surface area contributed by atoms with Gasteiger partial charge in [-0.05, 0) is 5.92 Å². The molecule has 0 aliphatic heterocycles. The first-order valence-electron chi connectivity index (χ1n) is 3.67. The molecule has 0 saturated heterocycles. The Kier molecular flexibility index (Phi) is 4.65. The quantitative estimate of drug-likeness (QED) is 0.386. The molecule has 5 N–H and O–H groups in total. The van der Waals surface area contributed by atoms with Crippen molar-refractivity contribution in [1.82, 2.24) is 5.01 Å². The van der Waals surface area contributed by atoms with E-state index in [2.05, 4.69) is 0 Å². The summed E-state index contributed by atoms with van der Waals surface area (Å²) in [6.07, 6.45) is 1.64. The summed E-state index contributed by atoms with van der Waals surface area (Å²) >= 11 is 0. The van der Waals surface area contributed by atoms with Gasteiger partial charge < -0.3 is 15.8 Å². The van der Waals surface area contributed by atoms with Crippen LogP contribution in [0.15, 0.2) is 11.9 Å². The van der Waals surface area contributed by atoms with Crippen LogP contribution < -0.4 is 11.6 Å². The zero-order valence-electron chi connectivity index (χ0n) is 7.12. The van der Waals surface area contributed by atoms with Crippen LogP contribution in [-0.2, 0) is 0 Å². The van der Waals surface area contributed by atoms with Gasteiger partial charge >= 0.3 is 0 Å². The Bertz CT molecular complexity index is 134. The molecule has 0 aromatic heterocycles. The summed E-state index contributed by atoms with van der Waals surface area (Å²) in [6.45, 7) is 4.42. The van der Waals surface area contributed by atoms with Crippen molar-refractivity contribution in [3.63, 3.8) is 0 Å². The lowest BCUT2D eigenvalue weighted by Gasteiger charge is -2.14. The second kappa shape index (κ2) is 4.98. The predicted molar refractivity (Wildman–Crippen MR) is 45.1 cm³/mol. The van der Waals surface area contributed by atoms with E-state index in [1.807, 2.05) is 13.8 Å². The normalized spacial score (nSPS) is 12.3. The Balaban J connectivity index is 3.86. The predicted octanol–water partition coefficient (Wildman–Crippen LogP) is -0.389. The standard InChI is InChI=1S/C7H17N3O/c1-6(2)7(8)5-10(9)3-4-11/h5-6,11H,3-4,8-9H2,1-2H3/b7-5-. The highest BCUT2D eigenvalue weighted by atomic mass is 16.3. The van der Waals surface area contributed by atoms with E-state index in [9.17, 15) is 0 Å². The summed E-state index contributed by atoms with van der Waals surface area (Å²) in [5.74, 6) is 5.73. The SMILES string of the molecule is CC(C)/C(N)=C/N(N)CCO. The summed E-state index contributed by atoms with van der Waals surface area (Å²) in [6, 6.07) is 0. The van der Waals surface area contributed by atoms with E-state index in [4.69, 9.17) is 16.7 Å². The molecular weight excluding hydrogens is 142 g/mol. The van der Waals surface area contributed by atoms with Gasteiger partial charge in [0.2, 0.25) is 0 Å². The van der Waals surface area contributed by atoms with Crippen molar-refractivity contribution in [3.05, 3.63) is 11.9 Å². The van der Waals surface area contributed by atoms with Crippen LogP contribution >= 0.6 is 0 Å². The van der Waals surface area contributed by atoms with E-state index in [1.165, 1.54) is 5.01 Å². The zero-order chi connectivity index (χ0) is 8.85. The Labute approximate surface area is 67.4 Å². The van der Waals surface area contributed by atoms with E-state index in [1.54, 1.807) is 6.20 Å². The van der Waals surface area contributed by atoms with Crippen molar-refractivity contribution >= 4 is 0 Å². The molecule has 0 heterocycles. The van der Waals surface area contributed by atoms with Crippen LogP contribution in [0, 0.1) is 5.92 Å². The van der Waals surface area contributed by atoms with Crippen molar-refractivity contribution in [3.8, 4) is 0 Å². The zero-order valence-corrected chi connectivity index (χ0v) is 7.12. The van der Waals surface area contributed by atoms with Crippen molar-refractivity contribution in [2.24, 2.45) is 17.5 Å². The summed E-state index contributed by atoms with van der Waals surface area (Å²) < 4.78 is 0. The molecule has 0 aromatic carbocycles. The van der Waals surface area contributed by atoms with Gasteiger partial charge in [-0.15, -0.1) is 0 Å². The minimum absolute atomic E-state index is 0.0401. The van der Waals surface area contributed by atoms with Crippen LogP contribution in [0.5, 0.6) is 0 Å². The molecule has 0 radical (unpaired) electrons. The third kappa shape index (κ3) is 4.64. The highest BCUT2D eigenvalue weighted by Crippen LogP contribution is 2.01. The molecule has 0 rings (SSSR count). The third-order valence-electron chi connectivity index (χ3n) is 1.34. The molecule has 66 valence electrons. The number of nitrogens with zero attached hydrogens (tertiary/aromatic N) is 1. The average Bonchev–Trinajstić information content (AvgIpc) is 1.87. The van der Waals surface area contributed by atoms with Gasteiger partial charge in [-0.2, -0.15) is 0 Å². The molecule has 0 spiro atoms. The molecule has 0 aliphatic rings. The molecule has 0 aromatic rings. The summed E-state index contributed by atoms with van der Waals surface area (Å²) in [5, 5.41) is 9.88. The number of nitrogens with two attached hydrogens (primary N) is 2. The van der Waals surface area contributed by atoms with Gasteiger partial charge in [-0.1, -0.05) is 13.8 Å². The largest absolute Gasteiger partial charge is 0.401 e. The van der Waals surface area contributed by atoms with Gasteiger partial charge in [0.15, 0.2) is 0 Å².